The van der Waals surface area contributed by atoms with Crippen molar-refractivity contribution in [2.24, 2.45) is 0 Å². The van der Waals surface area contributed by atoms with Crippen molar-refractivity contribution in [1.82, 2.24) is 0 Å². The number of furan rings is 2. The van der Waals surface area contributed by atoms with Gasteiger partial charge in [0, 0.05) is 33.0 Å². The van der Waals surface area contributed by atoms with Gasteiger partial charge in [0.1, 0.15) is 11.2 Å². The number of benzene rings is 9. The number of hydrogen-bond donors (Lipinski definition) is 0. The van der Waals surface area contributed by atoms with Gasteiger partial charge in [-0.3, -0.25) is 0 Å². The van der Waals surface area contributed by atoms with Crippen LogP contribution in [0.4, 0.5) is 0 Å². The Labute approximate surface area is 306 Å². The quantitative estimate of drug-likeness (QED) is 0.173. The fourth-order valence-corrected chi connectivity index (χ4v) is 8.83. The van der Waals surface area contributed by atoms with Crippen molar-refractivity contribution in [2.45, 2.75) is 6.92 Å². The highest BCUT2D eigenvalue weighted by molar-refractivity contribution is 6.25. The molecule has 0 aliphatic carbocycles. The van der Waals surface area contributed by atoms with E-state index in [1.165, 1.54) is 70.9 Å². The van der Waals surface area contributed by atoms with Crippen LogP contribution in [0.5, 0.6) is 0 Å². The topological polar surface area (TPSA) is 26.3 Å². The van der Waals surface area contributed by atoms with Crippen LogP contribution in [0.3, 0.4) is 0 Å². The third kappa shape index (κ3) is 4.39. The monoisotopic (exact) mass is 676 g/mol. The Morgan fingerprint density at radius 2 is 0.811 bits per heavy atom. The fraction of sp³-hybridized carbons (Fsp3) is 0.0196. The molecule has 0 unspecified atom stereocenters. The van der Waals surface area contributed by atoms with Crippen molar-refractivity contribution >= 4 is 65.0 Å². The van der Waals surface area contributed by atoms with Crippen molar-refractivity contribution in [3.63, 3.8) is 0 Å². The summed E-state index contributed by atoms with van der Waals surface area (Å²) in [7, 11) is 0. The van der Waals surface area contributed by atoms with Crippen molar-refractivity contribution in [1.29, 1.82) is 0 Å². The Morgan fingerprint density at radius 1 is 0.340 bits per heavy atom. The highest BCUT2D eigenvalue weighted by Crippen LogP contribution is 2.48. The van der Waals surface area contributed by atoms with Crippen LogP contribution in [-0.4, -0.2) is 0 Å². The van der Waals surface area contributed by atoms with Gasteiger partial charge in [0.25, 0.3) is 0 Å². The molecule has 2 nitrogen and oxygen atoms in total. The summed E-state index contributed by atoms with van der Waals surface area (Å²) in [6.45, 7) is 2.11. The molecule has 9 aromatic carbocycles. The molecule has 248 valence electrons. The first-order valence-corrected chi connectivity index (χ1v) is 18.2. The molecular formula is C51H32O2. The van der Waals surface area contributed by atoms with Gasteiger partial charge in [-0.25, -0.2) is 0 Å². The van der Waals surface area contributed by atoms with Crippen LogP contribution in [0, 0.1) is 6.92 Å². The summed E-state index contributed by atoms with van der Waals surface area (Å²) in [6, 6.07) is 59.2. The van der Waals surface area contributed by atoms with Gasteiger partial charge in [-0.1, -0.05) is 152 Å². The van der Waals surface area contributed by atoms with Gasteiger partial charge in [-0.05, 0) is 90.0 Å². The van der Waals surface area contributed by atoms with Crippen LogP contribution in [0.15, 0.2) is 185 Å². The summed E-state index contributed by atoms with van der Waals surface area (Å²) in [5, 5.41) is 11.9. The molecule has 0 spiro atoms. The van der Waals surface area contributed by atoms with E-state index in [1.807, 2.05) is 12.5 Å². The van der Waals surface area contributed by atoms with Crippen LogP contribution >= 0.6 is 0 Å². The lowest BCUT2D eigenvalue weighted by Crippen LogP contribution is -1.90. The summed E-state index contributed by atoms with van der Waals surface area (Å²) in [5.74, 6) is 0. The molecule has 0 atom stereocenters. The normalized spacial score (nSPS) is 11.9. The Hall–Kier alpha value is -6.90. The van der Waals surface area contributed by atoms with E-state index in [4.69, 9.17) is 8.83 Å². The van der Waals surface area contributed by atoms with Crippen LogP contribution in [0.25, 0.3) is 110 Å². The van der Waals surface area contributed by atoms with E-state index in [2.05, 4.69) is 171 Å². The molecule has 11 aromatic rings. The van der Waals surface area contributed by atoms with E-state index in [9.17, 15) is 0 Å². The minimum Gasteiger partial charge on any atom is -0.472 e. The lowest BCUT2D eigenvalue weighted by atomic mass is 9.85. The maximum atomic E-state index is 7.02. The third-order valence-corrected chi connectivity index (χ3v) is 11.1. The molecule has 2 heteroatoms. The SMILES string of the molecule is Cc1cocc1-c1c2ccccc2c(-c2ccc3c(c2)oc2c(-c4c5ccccc5c(-c5ccccc5)c5ccccc45)cccc23)c2ccccc12. The second kappa shape index (κ2) is 11.6. The molecule has 2 heterocycles. The van der Waals surface area contributed by atoms with Crippen LogP contribution in [0.2, 0.25) is 0 Å². The molecule has 0 N–H and O–H groups in total. The number of rotatable bonds is 4. The number of hydrogen-bond acceptors (Lipinski definition) is 2. The molecule has 0 saturated carbocycles. The minimum atomic E-state index is 0.877. The zero-order chi connectivity index (χ0) is 35.0. The minimum absolute atomic E-state index is 0.877. The van der Waals surface area contributed by atoms with Gasteiger partial charge in [0.05, 0.1) is 12.5 Å². The van der Waals surface area contributed by atoms with Crippen molar-refractivity contribution in [2.75, 3.05) is 0 Å². The average molecular weight is 677 g/mol. The Bertz CT molecular complexity index is 3120. The van der Waals surface area contributed by atoms with Gasteiger partial charge in [0.15, 0.2) is 0 Å². The molecule has 11 rings (SSSR count). The van der Waals surface area contributed by atoms with Gasteiger partial charge in [0.2, 0.25) is 0 Å². The van der Waals surface area contributed by atoms with Gasteiger partial charge in [-0.15, -0.1) is 0 Å². The number of para-hydroxylation sites is 1. The average Bonchev–Trinajstić information content (AvgIpc) is 3.81. The van der Waals surface area contributed by atoms with E-state index in [-0.39, 0.29) is 0 Å². The first kappa shape index (κ1) is 29.8. The molecule has 0 bridgehead atoms. The van der Waals surface area contributed by atoms with Crippen molar-refractivity contribution in [3.8, 4) is 44.5 Å². The number of aryl methyl sites for hydroxylation is 1. The molecular weight excluding hydrogens is 645 g/mol. The molecule has 0 aliphatic heterocycles. The molecule has 0 fully saturated rings. The first-order valence-electron chi connectivity index (χ1n) is 18.2. The smallest absolute Gasteiger partial charge is 0.143 e. The lowest BCUT2D eigenvalue weighted by molar-refractivity contribution is 0.566. The van der Waals surface area contributed by atoms with E-state index >= 15 is 0 Å². The van der Waals surface area contributed by atoms with E-state index in [1.54, 1.807) is 0 Å². The lowest BCUT2D eigenvalue weighted by Gasteiger charge is -2.17. The largest absolute Gasteiger partial charge is 0.472 e. The zero-order valence-corrected chi connectivity index (χ0v) is 29.1. The summed E-state index contributed by atoms with van der Waals surface area (Å²) in [4.78, 5) is 0. The van der Waals surface area contributed by atoms with E-state index in [0.29, 0.717) is 0 Å². The molecule has 0 aliphatic rings. The summed E-state index contributed by atoms with van der Waals surface area (Å²) < 4.78 is 12.7. The molecule has 2 aromatic heterocycles. The first-order chi connectivity index (χ1) is 26.2. The second-order valence-corrected chi connectivity index (χ2v) is 14.0. The standard InChI is InChI=1S/C51H32O2/c1-31-29-52-30-45(31)50-41-22-11-7-18-37(41)48(38-19-8-12-23-42(38)50)33-26-27-34-43-24-13-25-44(51(43)53-46(34)28-33)49-39-20-9-5-16-35(39)47(32-14-3-2-4-15-32)36-17-6-10-21-40(36)49/h2-30H,1H3. The Morgan fingerprint density at radius 3 is 1.34 bits per heavy atom. The zero-order valence-electron chi connectivity index (χ0n) is 29.1. The maximum absolute atomic E-state index is 7.02. The van der Waals surface area contributed by atoms with Crippen molar-refractivity contribution < 1.29 is 8.83 Å². The van der Waals surface area contributed by atoms with Crippen LogP contribution in [-0.2, 0) is 0 Å². The highest BCUT2D eigenvalue weighted by atomic mass is 16.3. The Kier molecular flexibility index (Phi) is 6.50. The predicted molar refractivity (Wildman–Crippen MR) is 222 cm³/mol. The predicted octanol–water partition coefficient (Wildman–Crippen LogP) is 14.8. The molecule has 53 heavy (non-hydrogen) atoms. The molecule has 0 amide bonds. The number of fused-ring (bicyclic) bond motifs is 7. The summed E-state index contributed by atoms with van der Waals surface area (Å²) in [6.07, 6.45) is 3.71. The van der Waals surface area contributed by atoms with E-state index in [0.717, 1.165) is 44.2 Å². The molecule has 0 saturated heterocycles. The summed E-state index contributed by atoms with van der Waals surface area (Å²) in [5.41, 5.74) is 12.4. The molecule has 0 radical (unpaired) electrons. The van der Waals surface area contributed by atoms with Gasteiger partial charge < -0.3 is 8.83 Å². The third-order valence-electron chi connectivity index (χ3n) is 11.1. The van der Waals surface area contributed by atoms with Crippen molar-refractivity contribution in [3.05, 3.63) is 182 Å². The fourth-order valence-electron chi connectivity index (χ4n) is 8.83. The highest BCUT2D eigenvalue weighted by Gasteiger charge is 2.22. The second-order valence-electron chi connectivity index (χ2n) is 14.0. The Balaban J connectivity index is 1.18. The van der Waals surface area contributed by atoms with Gasteiger partial charge in [-0.2, -0.15) is 0 Å². The van der Waals surface area contributed by atoms with E-state index < -0.39 is 0 Å². The maximum Gasteiger partial charge on any atom is 0.143 e. The van der Waals surface area contributed by atoms with Gasteiger partial charge >= 0.3 is 0 Å². The summed E-state index contributed by atoms with van der Waals surface area (Å²) >= 11 is 0. The van der Waals surface area contributed by atoms with Crippen LogP contribution in [0.1, 0.15) is 5.56 Å². The van der Waals surface area contributed by atoms with Crippen LogP contribution < -0.4 is 0 Å².